The summed E-state index contributed by atoms with van der Waals surface area (Å²) in [5, 5.41) is 15.7. The summed E-state index contributed by atoms with van der Waals surface area (Å²) >= 11 is 0. The van der Waals surface area contributed by atoms with Gasteiger partial charge in [0.2, 0.25) is 10.0 Å². The highest BCUT2D eigenvalue weighted by Gasteiger charge is 2.25. The molecular weight excluding hydrogens is 713 g/mol. The third-order valence-electron chi connectivity index (χ3n) is 10.6. The molecule has 7 rings (SSSR count). The minimum atomic E-state index is -3.92. The second kappa shape index (κ2) is 17.4. The number of hydrogen-bond acceptors (Lipinski definition) is 9. The molecule has 2 aromatic heterocycles. The zero-order valence-corrected chi connectivity index (χ0v) is 32.9. The van der Waals surface area contributed by atoms with Gasteiger partial charge in [0.25, 0.3) is 5.91 Å². The zero-order chi connectivity index (χ0) is 38.4. The fourth-order valence-corrected chi connectivity index (χ4v) is 8.72. The molecule has 3 N–H and O–H groups in total. The van der Waals surface area contributed by atoms with E-state index in [-0.39, 0.29) is 35.5 Å². The molecular formula is C42H52N8O4S. The monoisotopic (exact) mass is 764 g/mol. The Balaban J connectivity index is 1.05. The molecule has 5 aromatic rings. The van der Waals surface area contributed by atoms with Crippen LogP contribution in [0.25, 0.3) is 22.2 Å². The number of aromatic nitrogens is 3. The summed E-state index contributed by atoms with van der Waals surface area (Å²) in [6.45, 7) is 11.6. The van der Waals surface area contributed by atoms with Crippen LogP contribution in [-0.2, 0) is 47.4 Å². The molecule has 0 aliphatic carbocycles. The van der Waals surface area contributed by atoms with E-state index in [0.717, 1.165) is 90.2 Å². The number of fused-ring (bicyclic) bond motifs is 1. The number of pyridine rings is 1. The maximum atomic E-state index is 13.9. The lowest BCUT2D eigenvalue weighted by atomic mass is 10.0. The number of aryl methyl sites for hydroxylation is 2. The Morgan fingerprint density at radius 2 is 1.67 bits per heavy atom. The first-order valence-electron chi connectivity index (χ1n) is 19.4. The van der Waals surface area contributed by atoms with Gasteiger partial charge in [0, 0.05) is 95.5 Å². The van der Waals surface area contributed by atoms with Crippen LogP contribution in [-0.4, -0.2) is 90.8 Å². The van der Waals surface area contributed by atoms with E-state index < -0.39 is 10.0 Å². The van der Waals surface area contributed by atoms with Crippen LogP contribution in [0.15, 0.2) is 83.9 Å². The van der Waals surface area contributed by atoms with Gasteiger partial charge in [0.15, 0.2) is 5.65 Å². The van der Waals surface area contributed by atoms with Gasteiger partial charge >= 0.3 is 0 Å². The summed E-state index contributed by atoms with van der Waals surface area (Å²) in [4.78, 5) is 21.2. The largest absolute Gasteiger partial charge is 0.381 e. The maximum absolute atomic E-state index is 13.9. The molecule has 3 aromatic carbocycles. The summed E-state index contributed by atoms with van der Waals surface area (Å²) in [7, 11) is -2.34. The number of carbonyl (C=O) groups excluding carboxylic acids is 1. The Hall–Kier alpha value is -4.66. The molecule has 4 heterocycles. The van der Waals surface area contributed by atoms with Gasteiger partial charge in [-0.3, -0.25) is 9.69 Å². The first-order chi connectivity index (χ1) is 26.7. The highest BCUT2D eigenvalue weighted by Crippen LogP contribution is 2.32. The molecule has 2 saturated heterocycles. The Morgan fingerprint density at radius 3 is 2.40 bits per heavy atom. The number of nitrogens with one attached hydrogen (secondary N) is 3. The van der Waals surface area contributed by atoms with Crippen LogP contribution in [0.5, 0.6) is 0 Å². The molecule has 0 spiro atoms. The van der Waals surface area contributed by atoms with Crippen molar-refractivity contribution in [2.45, 2.75) is 70.2 Å². The number of rotatable bonds is 14. The fraction of sp³-hybridized carbons (Fsp3) is 0.405. The van der Waals surface area contributed by atoms with Crippen molar-refractivity contribution in [3.8, 4) is 11.1 Å². The van der Waals surface area contributed by atoms with Crippen LogP contribution in [0.3, 0.4) is 0 Å². The highest BCUT2D eigenvalue weighted by molar-refractivity contribution is 7.89. The van der Waals surface area contributed by atoms with Gasteiger partial charge in [-0.25, -0.2) is 18.1 Å². The molecule has 0 radical (unpaired) electrons. The molecule has 2 fully saturated rings. The van der Waals surface area contributed by atoms with Crippen molar-refractivity contribution in [1.29, 1.82) is 0 Å². The van der Waals surface area contributed by atoms with Gasteiger partial charge in [-0.1, -0.05) is 49.4 Å². The van der Waals surface area contributed by atoms with Crippen molar-refractivity contribution in [3.63, 3.8) is 0 Å². The van der Waals surface area contributed by atoms with Crippen molar-refractivity contribution in [1.82, 2.24) is 34.6 Å². The van der Waals surface area contributed by atoms with E-state index in [2.05, 4.69) is 69.3 Å². The molecule has 0 bridgehead atoms. The third kappa shape index (κ3) is 8.92. The van der Waals surface area contributed by atoms with Crippen LogP contribution < -0.4 is 16.0 Å². The van der Waals surface area contributed by atoms with Crippen LogP contribution in [0.1, 0.15) is 59.4 Å². The molecule has 290 valence electrons. The smallest absolute Gasteiger partial charge is 0.251 e. The molecule has 1 amide bonds. The molecule has 0 unspecified atom stereocenters. The quantitative estimate of drug-likeness (QED) is 0.136. The van der Waals surface area contributed by atoms with E-state index in [1.807, 2.05) is 29.9 Å². The topological polar surface area (TPSA) is 134 Å². The number of sulfonamides is 1. The number of piperazine rings is 1. The number of nitrogens with zero attached hydrogens (tertiary/aromatic N) is 5. The van der Waals surface area contributed by atoms with Crippen molar-refractivity contribution in [2.75, 3.05) is 51.8 Å². The van der Waals surface area contributed by atoms with Gasteiger partial charge < -0.3 is 20.7 Å². The number of amides is 1. The van der Waals surface area contributed by atoms with Crippen molar-refractivity contribution in [3.05, 3.63) is 107 Å². The Bertz CT molecular complexity index is 2230. The number of ether oxygens (including phenoxy) is 1. The minimum absolute atomic E-state index is 0.0607. The molecule has 12 nitrogen and oxygen atoms in total. The van der Waals surface area contributed by atoms with Gasteiger partial charge in [0.05, 0.1) is 22.2 Å². The molecule has 2 aliphatic rings. The number of benzene rings is 3. The summed E-state index contributed by atoms with van der Waals surface area (Å²) in [6.07, 6.45) is 4.27. The molecule has 13 heteroatoms. The molecule has 55 heavy (non-hydrogen) atoms. The summed E-state index contributed by atoms with van der Waals surface area (Å²) in [5.41, 5.74) is 8.06. The predicted molar refractivity (Wildman–Crippen MR) is 216 cm³/mol. The summed E-state index contributed by atoms with van der Waals surface area (Å²) in [5.74, 6) is -0.366. The Morgan fingerprint density at radius 1 is 0.964 bits per heavy atom. The Kier molecular flexibility index (Phi) is 12.2. The van der Waals surface area contributed by atoms with E-state index in [1.165, 1.54) is 22.0 Å². The SMILES string of the molecule is CCc1nc2c(cnn2CC)c(NC2CCOCC2)c1CNC(=O)c1cccc(S(=O)(=O)N(C)Cc2cccc(-c3cccc(CN4CCNCC4)c3)c2)c1. The average Bonchev–Trinajstić information content (AvgIpc) is 3.64. The first kappa shape index (κ1) is 38.6. The first-order valence-corrected chi connectivity index (χ1v) is 20.8. The lowest BCUT2D eigenvalue weighted by Crippen LogP contribution is -2.42. The predicted octanol–water partition coefficient (Wildman–Crippen LogP) is 5.43. The number of anilines is 1. The van der Waals surface area contributed by atoms with Crippen molar-refractivity contribution in [2.24, 2.45) is 0 Å². The van der Waals surface area contributed by atoms with Gasteiger partial charge in [0.1, 0.15) is 0 Å². The fourth-order valence-electron chi connectivity index (χ4n) is 7.52. The van der Waals surface area contributed by atoms with Crippen LogP contribution in [0.2, 0.25) is 0 Å². The molecule has 2 aliphatic heterocycles. The number of hydrogen-bond donors (Lipinski definition) is 3. The second-order valence-corrected chi connectivity index (χ2v) is 16.4. The van der Waals surface area contributed by atoms with Gasteiger partial charge in [-0.15, -0.1) is 0 Å². The van der Waals surface area contributed by atoms with E-state index >= 15 is 0 Å². The van der Waals surface area contributed by atoms with Crippen molar-refractivity contribution < 1.29 is 17.9 Å². The van der Waals surface area contributed by atoms with Crippen LogP contribution >= 0.6 is 0 Å². The maximum Gasteiger partial charge on any atom is 0.251 e. The minimum Gasteiger partial charge on any atom is -0.381 e. The van der Waals surface area contributed by atoms with Crippen molar-refractivity contribution >= 4 is 32.7 Å². The Labute approximate surface area is 324 Å². The van der Waals surface area contributed by atoms with E-state index in [1.54, 1.807) is 19.2 Å². The lowest BCUT2D eigenvalue weighted by Gasteiger charge is -2.27. The summed E-state index contributed by atoms with van der Waals surface area (Å²) in [6, 6.07) is 23.1. The zero-order valence-electron chi connectivity index (χ0n) is 32.1. The lowest BCUT2D eigenvalue weighted by molar-refractivity contribution is 0.0904. The average molecular weight is 765 g/mol. The summed E-state index contributed by atoms with van der Waals surface area (Å²) < 4.78 is 36.6. The highest BCUT2D eigenvalue weighted by atomic mass is 32.2. The second-order valence-electron chi connectivity index (χ2n) is 14.4. The molecule has 0 saturated carbocycles. The number of carbonyl (C=O) groups is 1. The van der Waals surface area contributed by atoms with Gasteiger partial charge in [-0.2, -0.15) is 9.40 Å². The molecule has 0 atom stereocenters. The van der Waals surface area contributed by atoms with E-state index in [4.69, 9.17) is 9.72 Å². The third-order valence-corrected chi connectivity index (χ3v) is 12.4. The van der Waals surface area contributed by atoms with Crippen LogP contribution in [0, 0.1) is 0 Å². The van der Waals surface area contributed by atoms with Gasteiger partial charge in [-0.05, 0) is 78.8 Å². The normalized spacial score (nSPS) is 15.8. The van der Waals surface area contributed by atoms with Crippen LogP contribution in [0.4, 0.5) is 5.69 Å². The van der Waals surface area contributed by atoms with E-state index in [9.17, 15) is 13.2 Å². The van der Waals surface area contributed by atoms with E-state index in [0.29, 0.717) is 26.2 Å². The standard InChI is InChI=1S/C42H52N8O4S/c1-4-39-37(40(46-35-15-21-54-22-16-35)38-27-45-50(5-2)41(38)47-39)26-44-42(51)34-13-8-14-36(25-34)55(52,53)48(3)28-30-9-6-11-32(23-30)33-12-7-10-31(24-33)29-49-19-17-43-18-20-49/h6-14,23-25,27,35,43H,4-5,15-22,26,28-29H2,1-3H3,(H,44,51)(H,46,47).